The largest absolute Gasteiger partial charge is 0.350 e. The van der Waals surface area contributed by atoms with Crippen LogP contribution < -0.4 is 5.32 Å². The van der Waals surface area contributed by atoms with Gasteiger partial charge in [0.25, 0.3) is 5.91 Å². The van der Waals surface area contributed by atoms with E-state index in [-0.39, 0.29) is 11.4 Å². The number of hydrogen-bond acceptors (Lipinski definition) is 4. The zero-order valence-corrected chi connectivity index (χ0v) is 12.6. The number of benzene rings is 1. The molecular weight excluding hydrogens is 278 g/mol. The van der Waals surface area contributed by atoms with Gasteiger partial charge in [0, 0.05) is 24.2 Å². The van der Waals surface area contributed by atoms with Gasteiger partial charge in [-0.25, -0.2) is 4.68 Å². The summed E-state index contributed by atoms with van der Waals surface area (Å²) >= 11 is 0. The molecule has 1 N–H and O–H groups in total. The highest BCUT2D eigenvalue weighted by Crippen LogP contribution is 2.49. The Bertz CT molecular complexity index is 673. The van der Waals surface area contributed by atoms with Crippen LogP contribution in [0.4, 0.5) is 0 Å². The summed E-state index contributed by atoms with van der Waals surface area (Å²) in [6.45, 7) is 1.91. The fraction of sp³-hybridized carbons (Fsp3) is 0.438. The molecule has 6 nitrogen and oxygen atoms in total. The van der Waals surface area contributed by atoms with Crippen molar-refractivity contribution in [3.63, 3.8) is 0 Å². The molecule has 2 saturated heterocycles. The van der Waals surface area contributed by atoms with Crippen LogP contribution in [-0.2, 0) is 0 Å². The van der Waals surface area contributed by atoms with Gasteiger partial charge in [-0.15, -0.1) is 5.10 Å². The van der Waals surface area contributed by atoms with E-state index >= 15 is 0 Å². The van der Waals surface area contributed by atoms with Crippen LogP contribution in [0.3, 0.4) is 0 Å². The molecule has 3 aliphatic rings. The Labute approximate surface area is 129 Å². The van der Waals surface area contributed by atoms with Crippen LogP contribution in [-0.4, -0.2) is 51.5 Å². The van der Waals surface area contributed by atoms with E-state index in [2.05, 4.69) is 27.6 Å². The molecule has 0 unspecified atom stereocenters. The second-order valence-electron chi connectivity index (χ2n) is 6.46. The summed E-state index contributed by atoms with van der Waals surface area (Å²) in [6, 6.07) is 7.41. The van der Waals surface area contributed by atoms with Crippen molar-refractivity contribution in [2.45, 2.75) is 18.4 Å². The minimum Gasteiger partial charge on any atom is -0.350 e. The second-order valence-corrected chi connectivity index (χ2v) is 6.46. The molecule has 2 aliphatic heterocycles. The van der Waals surface area contributed by atoms with E-state index in [4.69, 9.17) is 0 Å². The Hall–Kier alpha value is -2.21. The molecule has 0 atom stereocenters. The highest BCUT2D eigenvalue weighted by atomic mass is 16.1. The van der Waals surface area contributed by atoms with Gasteiger partial charge in [-0.1, -0.05) is 5.21 Å². The number of amides is 1. The maximum Gasteiger partial charge on any atom is 0.251 e. The van der Waals surface area contributed by atoms with Gasteiger partial charge in [0.1, 0.15) is 0 Å². The number of rotatable bonds is 4. The van der Waals surface area contributed by atoms with Crippen molar-refractivity contribution in [3.05, 3.63) is 42.2 Å². The van der Waals surface area contributed by atoms with Gasteiger partial charge in [-0.05, 0) is 50.1 Å². The second kappa shape index (κ2) is 4.91. The molecule has 2 aromatic rings. The van der Waals surface area contributed by atoms with Crippen molar-refractivity contribution in [3.8, 4) is 5.69 Å². The first kappa shape index (κ1) is 13.5. The molecule has 5 rings (SSSR count). The van der Waals surface area contributed by atoms with Crippen molar-refractivity contribution < 1.29 is 4.79 Å². The third-order valence-electron chi connectivity index (χ3n) is 5.07. The van der Waals surface area contributed by atoms with Crippen molar-refractivity contribution in [2.24, 2.45) is 5.92 Å². The van der Waals surface area contributed by atoms with Gasteiger partial charge in [0.2, 0.25) is 0 Å². The highest BCUT2D eigenvalue weighted by molar-refractivity contribution is 5.94. The van der Waals surface area contributed by atoms with Gasteiger partial charge >= 0.3 is 0 Å². The molecule has 3 heterocycles. The van der Waals surface area contributed by atoms with Gasteiger partial charge in [-0.2, -0.15) is 0 Å². The first-order valence-corrected chi connectivity index (χ1v) is 7.62. The zero-order chi connectivity index (χ0) is 15.2. The van der Waals surface area contributed by atoms with E-state index in [1.54, 1.807) is 17.1 Å². The maximum absolute atomic E-state index is 12.3. The minimum absolute atomic E-state index is 0.0109. The third-order valence-corrected chi connectivity index (χ3v) is 5.07. The van der Waals surface area contributed by atoms with Crippen LogP contribution in [0.1, 0.15) is 23.2 Å². The lowest BCUT2D eigenvalue weighted by atomic mass is 9.73. The standard InChI is InChI=1S/C16H19N5O/c1-20-10-12-8-16(20,9-12)11-17-15(22)13-2-4-14(5-3-13)21-7-6-18-19-21/h2-7,12H,8-11H2,1H3,(H,17,22). The summed E-state index contributed by atoms with van der Waals surface area (Å²) in [4.78, 5) is 14.7. The van der Waals surface area contributed by atoms with E-state index < -0.39 is 0 Å². The summed E-state index contributed by atoms with van der Waals surface area (Å²) in [5.41, 5.74) is 1.78. The normalized spacial score (nSPS) is 26.7. The average Bonchev–Trinajstić information content (AvgIpc) is 3.19. The van der Waals surface area contributed by atoms with E-state index in [1.807, 2.05) is 24.3 Å². The smallest absolute Gasteiger partial charge is 0.251 e. The lowest BCUT2D eigenvalue weighted by molar-refractivity contribution is 0.0866. The summed E-state index contributed by atoms with van der Waals surface area (Å²) in [5.74, 6) is 0.826. The SMILES string of the molecule is CN1CC2CC1(CNC(=O)c1ccc(-n3ccnn3)cc1)C2. The Kier molecular flexibility index (Phi) is 3.00. The fourth-order valence-corrected chi connectivity index (χ4v) is 3.77. The quantitative estimate of drug-likeness (QED) is 0.917. The van der Waals surface area contributed by atoms with Gasteiger partial charge < -0.3 is 5.32 Å². The minimum atomic E-state index is -0.0109. The average molecular weight is 297 g/mol. The first-order chi connectivity index (χ1) is 10.7. The maximum atomic E-state index is 12.3. The summed E-state index contributed by atoms with van der Waals surface area (Å²) in [5, 5.41) is 10.8. The molecular formula is C16H19N5O. The molecule has 1 aliphatic carbocycles. The lowest BCUT2D eigenvalue weighted by Gasteiger charge is -2.41. The number of fused-ring (bicyclic) bond motifs is 1. The van der Waals surface area contributed by atoms with Crippen molar-refractivity contribution in [1.29, 1.82) is 0 Å². The molecule has 22 heavy (non-hydrogen) atoms. The van der Waals surface area contributed by atoms with E-state index in [0.29, 0.717) is 5.56 Å². The molecule has 1 aromatic carbocycles. The number of carbonyl (C=O) groups is 1. The molecule has 1 amide bonds. The molecule has 2 bridgehead atoms. The zero-order valence-electron chi connectivity index (χ0n) is 12.6. The van der Waals surface area contributed by atoms with Gasteiger partial charge in [-0.3, -0.25) is 9.69 Å². The number of hydrogen-bond donors (Lipinski definition) is 1. The van der Waals surface area contributed by atoms with Crippen LogP contribution >= 0.6 is 0 Å². The summed E-state index contributed by atoms with van der Waals surface area (Å²) in [7, 11) is 2.16. The summed E-state index contributed by atoms with van der Waals surface area (Å²) < 4.78 is 1.67. The van der Waals surface area contributed by atoms with Gasteiger partial charge in [0.15, 0.2) is 0 Å². The van der Waals surface area contributed by atoms with Gasteiger partial charge in [0.05, 0.1) is 18.1 Å². The van der Waals surface area contributed by atoms with Crippen molar-refractivity contribution >= 4 is 5.91 Å². The van der Waals surface area contributed by atoms with Crippen molar-refractivity contribution in [2.75, 3.05) is 20.1 Å². The molecule has 1 aromatic heterocycles. The molecule has 0 spiro atoms. The van der Waals surface area contributed by atoms with E-state index in [0.717, 1.165) is 18.2 Å². The Morgan fingerprint density at radius 2 is 2.14 bits per heavy atom. The molecule has 6 heteroatoms. The summed E-state index contributed by atoms with van der Waals surface area (Å²) in [6.07, 6.45) is 5.84. The first-order valence-electron chi connectivity index (χ1n) is 7.62. The molecule has 1 saturated carbocycles. The number of aromatic nitrogens is 3. The number of nitrogens with one attached hydrogen (secondary N) is 1. The Morgan fingerprint density at radius 3 is 2.73 bits per heavy atom. The molecule has 114 valence electrons. The number of carbonyl (C=O) groups excluding carboxylic acids is 1. The van der Waals surface area contributed by atoms with Crippen LogP contribution in [0.25, 0.3) is 5.69 Å². The van der Waals surface area contributed by atoms with E-state index in [9.17, 15) is 4.79 Å². The number of likely N-dealkylation sites (N-methyl/N-ethyl adjacent to an activating group) is 1. The predicted octanol–water partition coefficient (Wildman–Crippen LogP) is 1.09. The third kappa shape index (κ3) is 2.11. The Balaban J connectivity index is 1.40. The number of nitrogens with zero attached hydrogens (tertiary/aromatic N) is 4. The van der Waals surface area contributed by atoms with Crippen molar-refractivity contribution in [1.82, 2.24) is 25.2 Å². The van der Waals surface area contributed by atoms with Crippen LogP contribution in [0.2, 0.25) is 0 Å². The monoisotopic (exact) mass is 297 g/mol. The van der Waals surface area contributed by atoms with Crippen LogP contribution in [0.15, 0.2) is 36.7 Å². The predicted molar refractivity (Wildman–Crippen MR) is 81.8 cm³/mol. The molecule has 3 fully saturated rings. The van der Waals surface area contributed by atoms with E-state index in [1.165, 1.54) is 19.4 Å². The van der Waals surface area contributed by atoms with Crippen LogP contribution in [0, 0.1) is 5.92 Å². The highest BCUT2D eigenvalue weighted by Gasteiger charge is 2.54. The Morgan fingerprint density at radius 1 is 1.36 bits per heavy atom. The van der Waals surface area contributed by atoms with Crippen LogP contribution in [0.5, 0.6) is 0 Å². The topological polar surface area (TPSA) is 63.1 Å². The lowest BCUT2D eigenvalue weighted by Crippen LogP contribution is -2.52. The fourth-order valence-electron chi connectivity index (χ4n) is 3.77. The molecule has 0 radical (unpaired) electrons.